The molecule has 0 saturated carbocycles. The summed E-state index contributed by atoms with van der Waals surface area (Å²) in [4.78, 5) is 11.9. The lowest BCUT2D eigenvalue weighted by Gasteiger charge is -2.30. The second kappa shape index (κ2) is 6.99. The highest BCUT2D eigenvalue weighted by Crippen LogP contribution is 2.26. The van der Waals surface area contributed by atoms with Gasteiger partial charge in [0.2, 0.25) is 5.95 Å². The maximum absolute atomic E-state index is 4.83. The number of piperidine rings is 1. The van der Waals surface area contributed by atoms with Crippen molar-refractivity contribution in [3.05, 3.63) is 36.4 Å². The van der Waals surface area contributed by atoms with Gasteiger partial charge in [-0.1, -0.05) is 37.3 Å². The molecular formula is C19H26N4. The number of nitrogens with one attached hydrogen (secondary N) is 1. The maximum atomic E-state index is 4.83. The molecule has 1 N–H and O–H groups in total. The molecule has 1 fully saturated rings. The van der Waals surface area contributed by atoms with Gasteiger partial charge in [0.1, 0.15) is 5.82 Å². The van der Waals surface area contributed by atoms with Gasteiger partial charge in [-0.3, -0.25) is 0 Å². The summed E-state index contributed by atoms with van der Waals surface area (Å²) in [5.74, 6) is 2.56. The first-order chi connectivity index (χ1) is 11.1. The van der Waals surface area contributed by atoms with Crippen molar-refractivity contribution >= 4 is 11.8 Å². The van der Waals surface area contributed by atoms with Gasteiger partial charge in [0.25, 0.3) is 0 Å². The first-order valence-electron chi connectivity index (χ1n) is 8.58. The fourth-order valence-electron chi connectivity index (χ4n) is 2.91. The third-order valence-corrected chi connectivity index (χ3v) is 4.29. The Hall–Kier alpha value is -2.10. The van der Waals surface area contributed by atoms with Gasteiger partial charge in [-0.15, -0.1) is 0 Å². The molecule has 1 saturated heterocycles. The van der Waals surface area contributed by atoms with E-state index in [4.69, 9.17) is 9.97 Å². The second-order valence-electron chi connectivity index (χ2n) is 6.77. The Labute approximate surface area is 139 Å². The van der Waals surface area contributed by atoms with Crippen LogP contribution in [0.15, 0.2) is 36.4 Å². The lowest BCUT2D eigenvalue weighted by atomic mass is 10.00. The third kappa shape index (κ3) is 4.01. The predicted molar refractivity (Wildman–Crippen MR) is 96.8 cm³/mol. The Kier molecular flexibility index (Phi) is 4.79. The van der Waals surface area contributed by atoms with Crippen molar-refractivity contribution in [1.29, 1.82) is 0 Å². The minimum Gasteiger partial charge on any atom is -0.368 e. The van der Waals surface area contributed by atoms with Gasteiger partial charge in [-0.25, -0.2) is 4.98 Å². The maximum Gasteiger partial charge on any atom is 0.227 e. The number of rotatable bonds is 4. The monoisotopic (exact) mass is 310 g/mol. The fourth-order valence-corrected chi connectivity index (χ4v) is 2.91. The molecule has 0 aliphatic carbocycles. The van der Waals surface area contributed by atoms with Crippen LogP contribution in [0.3, 0.4) is 0 Å². The van der Waals surface area contributed by atoms with Gasteiger partial charge in [0.05, 0.1) is 5.69 Å². The van der Waals surface area contributed by atoms with E-state index in [2.05, 4.69) is 55.3 Å². The number of benzene rings is 1. The van der Waals surface area contributed by atoms with E-state index < -0.39 is 0 Å². The van der Waals surface area contributed by atoms with Crippen molar-refractivity contribution < 1.29 is 0 Å². The van der Waals surface area contributed by atoms with E-state index >= 15 is 0 Å². The lowest BCUT2D eigenvalue weighted by molar-refractivity contribution is 0.434. The van der Waals surface area contributed by atoms with E-state index in [9.17, 15) is 0 Å². The van der Waals surface area contributed by atoms with Crippen molar-refractivity contribution in [1.82, 2.24) is 9.97 Å². The number of hydrogen-bond acceptors (Lipinski definition) is 4. The molecule has 0 bridgehead atoms. The Bertz CT molecular complexity index is 631. The molecule has 1 aromatic heterocycles. The number of anilines is 2. The minimum atomic E-state index is 0.350. The van der Waals surface area contributed by atoms with E-state index in [0.29, 0.717) is 6.04 Å². The second-order valence-corrected chi connectivity index (χ2v) is 6.77. The van der Waals surface area contributed by atoms with Crippen LogP contribution >= 0.6 is 0 Å². The summed E-state index contributed by atoms with van der Waals surface area (Å²) in [6.07, 6.45) is 2.43. The molecule has 0 atom stereocenters. The zero-order valence-electron chi connectivity index (χ0n) is 14.3. The Morgan fingerprint density at radius 1 is 1.09 bits per heavy atom. The molecule has 23 heavy (non-hydrogen) atoms. The van der Waals surface area contributed by atoms with Crippen molar-refractivity contribution in [2.75, 3.05) is 23.3 Å². The van der Waals surface area contributed by atoms with Crippen molar-refractivity contribution in [3.8, 4) is 11.3 Å². The lowest BCUT2D eigenvalue weighted by Crippen LogP contribution is -2.34. The summed E-state index contributed by atoms with van der Waals surface area (Å²) >= 11 is 0. The molecule has 0 spiro atoms. The van der Waals surface area contributed by atoms with Crippen molar-refractivity contribution in [2.24, 2.45) is 5.92 Å². The quantitative estimate of drug-likeness (QED) is 0.919. The molecule has 4 heteroatoms. The number of hydrogen-bond donors (Lipinski definition) is 1. The van der Waals surface area contributed by atoms with Gasteiger partial charge in [-0.2, -0.15) is 4.98 Å². The Morgan fingerprint density at radius 3 is 2.43 bits per heavy atom. The molecule has 1 aromatic carbocycles. The first kappa shape index (κ1) is 15.8. The number of aromatic nitrogens is 2. The average Bonchev–Trinajstić information content (AvgIpc) is 2.55. The highest BCUT2D eigenvalue weighted by atomic mass is 15.3. The molecule has 1 aliphatic heterocycles. The predicted octanol–water partition coefficient (Wildman–Crippen LogP) is 4.20. The van der Waals surface area contributed by atoms with Gasteiger partial charge >= 0.3 is 0 Å². The van der Waals surface area contributed by atoms with E-state index in [-0.39, 0.29) is 0 Å². The molecule has 0 radical (unpaired) electrons. The van der Waals surface area contributed by atoms with Crippen molar-refractivity contribution in [3.63, 3.8) is 0 Å². The van der Waals surface area contributed by atoms with E-state index in [0.717, 1.165) is 42.0 Å². The normalized spacial score (nSPS) is 15.9. The third-order valence-electron chi connectivity index (χ3n) is 4.29. The summed E-state index contributed by atoms with van der Waals surface area (Å²) in [6.45, 7) is 8.67. The summed E-state index contributed by atoms with van der Waals surface area (Å²) in [5, 5.41) is 3.43. The van der Waals surface area contributed by atoms with Gasteiger partial charge < -0.3 is 10.2 Å². The average molecular weight is 310 g/mol. The Balaban J connectivity index is 1.94. The van der Waals surface area contributed by atoms with Gasteiger partial charge in [0, 0.05) is 30.8 Å². The molecule has 0 amide bonds. The molecular weight excluding hydrogens is 284 g/mol. The van der Waals surface area contributed by atoms with Gasteiger partial charge in [0.15, 0.2) is 0 Å². The van der Waals surface area contributed by atoms with Crippen LogP contribution in [0.1, 0.15) is 33.6 Å². The molecule has 0 unspecified atom stereocenters. The molecule has 3 rings (SSSR count). The molecule has 2 aromatic rings. The summed E-state index contributed by atoms with van der Waals surface area (Å²) < 4.78 is 0. The summed E-state index contributed by atoms with van der Waals surface area (Å²) in [7, 11) is 0. The Morgan fingerprint density at radius 2 is 1.78 bits per heavy atom. The van der Waals surface area contributed by atoms with E-state index in [1.807, 2.05) is 12.1 Å². The van der Waals surface area contributed by atoms with Crippen LogP contribution in [0.25, 0.3) is 11.3 Å². The fraction of sp³-hybridized carbons (Fsp3) is 0.474. The zero-order valence-corrected chi connectivity index (χ0v) is 14.3. The topological polar surface area (TPSA) is 41.1 Å². The van der Waals surface area contributed by atoms with Crippen LogP contribution < -0.4 is 10.2 Å². The van der Waals surface area contributed by atoms with Gasteiger partial charge in [-0.05, 0) is 32.6 Å². The highest BCUT2D eigenvalue weighted by Gasteiger charge is 2.19. The number of nitrogens with zero attached hydrogens (tertiary/aromatic N) is 3. The SMILES string of the molecule is CC1CCN(c2nc(NC(C)C)cc(-c3ccccc3)n2)CC1. The smallest absolute Gasteiger partial charge is 0.227 e. The minimum absolute atomic E-state index is 0.350. The standard InChI is InChI=1S/C19H26N4/c1-14(2)20-18-13-17(16-7-5-4-6-8-16)21-19(22-18)23-11-9-15(3)10-12-23/h4-8,13-15H,9-12H2,1-3H3,(H,20,21,22). The highest BCUT2D eigenvalue weighted by molar-refractivity contribution is 5.64. The van der Waals surface area contributed by atoms with Crippen LogP contribution in [0.2, 0.25) is 0 Å². The van der Waals surface area contributed by atoms with Crippen molar-refractivity contribution in [2.45, 2.75) is 39.7 Å². The van der Waals surface area contributed by atoms with Crippen LogP contribution in [0, 0.1) is 5.92 Å². The first-order valence-corrected chi connectivity index (χ1v) is 8.58. The molecule has 2 heterocycles. The zero-order chi connectivity index (χ0) is 16.2. The molecule has 1 aliphatic rings. The van der Waals surface area contributed by atoms with E-state index in [1.54, 1.807) is 0 Å². The van der Waals surface area contributed by atoms with Crippen LogP contribution in [0.5, 0.6) is 0 Å². The van der Waals surface area contributed by atoms with Crippen LogP contribution in [-0.2, 0) is 0 Å². The van der Waals surface area contributed by atoms with Crippen LogP contribution in [-0.4, -0.2) is 29.1 Å². The molecule has 4 nitrogen and oxygen atoms in total. The summed E-state index contributed by atoms with van der Waals surface area (Å²) in [5.41, 5.74) is 2.12. The largest absolute Gasteiger partial charge is 0.368 e. The van der Waals surface area contributed by atoms with E-state index in [1.165, 1.54) is 12.8 Å². The molecule has 122 valence electrons. The van der Waals surface area contributed by atoms with Crippen LogP contribution in [0.4, 0.5) is 11.8 Å². The summed E-state index contributed by atoms with van der Waals surface area (Å²) in [6, 6.07) is 12.7.